The topological polar surface area (TPSA) is 41.7 Å². The van der Waals surface area contributed by atoms with Gasteiger partial charge in [-0.25, -0.2) is 0 Å². The summed E-state index contributed by atoms with van der Waals surface area (Å²) >= 11 is 0. The second-order valence-electron chi connectivity index (χ2n) is 8.94. The lowest BCUT2D eigenvalue weighted by atomic mass is 9.68. The predicted octanol–water partition coefficient (Wildman–Crippen LogP) is 3.43. The Balaban J connectivity index is 1.35. The average molecular weight is 382 g/mol. The number of fused-ring (bicyclic) bond motifs is 2. The summed E-state index contributed by atoms with van der Waals surface area (Å²) in [6.07, 6.45) is 3.62. The van der Waals surface area contributed by atoms with Gasteiger partial charge in [-0.2, -0.15) is 0 Å². The van der Waals surface area contributed by atoms with Gasteiger partial charge in [0.2, 0.25) is 0 Å². The number of ether oxygens (including phenoxy) is 1. The van der Waals surface area contributed by atoms with E-state index in [-0.39, 0.29) is 5.41 Å². The maximum atomic E-state index is 5.71. The molecule has 5 rings (SSSR count). The third-order valence-electron chi connectivity index (χ3n) is 7.27. The molecule has 2 aromatic rings. The van der Waals surface area contributed by atoms with Gasteiger partial charge in [-0.15, -0.1) is 0 Å². The Kier molecular flexibility index (Phi) is 4.77. The van der Waals surface area contributed by atoms with E-state index in [1.165, 1.54) is 36.9 Å². The third kappa shape index (κ3) is 3.19. The largest absolute Gasteiger partial charge is 0.380 e. The fourth-order valence-corrected chi connectivity index (χ4v) is 5.51. The van der Waals surface area contributed by atoms with Crippen LogP contribution in [0.5, 0.6) is 0 Å². The molecule has 3 aliphatic rings. The number of aryl methyl sites for hydroxylation is 2. The first-order chi connectivity index (χ1) is 13.6. The molecule has 2 saturated heterocycles. The van der Waals surface area contributed by atoms with Crippen molar-refractivity contribution in [3.63, 3.8) is 0 Å². The molecule has 1 atom stereocenters. The molecule has 5 heteroatoms. The second-order valence-corrected chi connectivity index (χ2v) is 8.94. The van der Waals surface area contributed by atoms with Crippen LogP contribution in [0.25, 0.3) is 0 Å². The molecule has 0 bridgehead atoms. The van der Waals surface area contributed by atoms with Crippen molar-refractivity contribution < 1.29 is 9.26 Å². The van der Waals surface area contributed by atoms with Crippen LogP contribution in [-0.4, -0.2) is 53.8 Å². The molecule has 0 aliphatic carbocycles. The van der Waals surface area contributed by atoms with E-state index in [4.69, 9.17) is 9.26 Å². The smallest absolute Gasteiger partial charge is 0.138 e. The third-order valence-corrected chi connectivity index (χ3v) is 7.27. The van der Waals surface area contributed by atoms with Crippen LogP contribution in [0.15, 0.2) is 28.8 Å². The highest BCUT2D eigenvalue weighted by molar-refractivity contribution is 5.38. The molecule has 2 fully saturated rings. The molecule has 0 unspecified atom stereocenters. The number of hydrogen-bond acceptors (Lipinski definition) is 5. The quantitative estimate of drug-likeness (QED) is 0.815. The highest BCUT2D eigenvalue weighted by Crippen LogP contribution is 2.43. The molecule has 4 heterocycles. The lowest BCUT2D eigenvalue weighted by Crippen LogP contribution is -2.54. The lowest BCUT2D eigenvalue weighted by Gasteiger charge is -2.50. The van der Waals surface area contributed by atoms with Gasteiger partial charge in [-0.1, -0.05) is 29.4 Å². The van der Waals surface area contributed by atoms with Crippen molar-refractivity contribution in [3.05, 3.63) is 52.4 Å². The molecular weight excluding hydrogens is 350 g/mol. The first-order valence-corrected chi connectivity index (χ1v) is 10.7. The van der Waals surface area contributed by atoms with Crippen LogP contribution in [0.2, 0.25) is 0 Å². The number of piperidine rings is 1. The zero-order chi connectivity index (χ0) is 19.1. The van der Waals surface area contributed by atoms with Gasteiger partial charge in [0.05, 0.1) is 12.3 Å². The van der Waals surface area contributed by atoms with Crippen LogP contribution in [-0.2, 0) is 23.2 Å². The number of nitrogens with zero attached hydrogens (tertiary/aromatic N) is 3. The van der Waals surface area contributed by atoms with Gasteiger partial charge < -0.3 is 9.26 Å². The van der Waals surface area contributed by atoms with Crippen molar-refractivity contribution in [1.29, 1.82) is 0 Å². The number of likely N-dealkylation sites (tertiary alicyclic amines) is 1. The Morgan fingerprint density at radius 1 is 1.18 bits per heavy atom. The Hall–Kier alpha value is -1.69. The van der Waals surface area contributed by atoms with E-state index in [9.17, 15) is 0 Å². The molecule has 0 amide bonds. The van der Waals surface area contributed by atoms with E-state index in [0.717, 1.165) is 50.8 Å². The molecule has 1 spiro atoms. The van der Waals surface area contributed by atoms with Gasteiger partial charge in [0.25, 0.3) is 0 Å². The second kappa shape index (κ2) is 7.29. The molecule has 0 radical (unpaired) electrons. The molecule has 0 saturated carbocycles. The Labute approximate surface area is 167 Å². The Bertz CT molecular complexity index is 813. The molecule has 1 aromatic carbocycles. The van der Waals surface area contributed by atoms with E-state index in [1.807, 2.05) is 6.92 Å². The summed E-state index contributed by atoms with van der Waals surface area (Å²) in [7, 11) is 0. The molecule has 5 nitrogen and oxygen atoms in total. The summed E-state index contributed by atoms with van der Waals surface area (Å²) in [4.78, 5) is 5.29. The minimum atomic E-state index is 0.284. The lowest BCUT2D eigenvalue weighted by molar-refractivity contribution is 0.0637. The van der Waals surface area contributed by atoms with Crippen LogP contribution in [0.4, 0.5) is 0 Å². The first-order valence-electron chi connectivity index (χ1n) is 10.7. The number of benzene rings is 1. The normalized spacial score (nSPS) is 25.3. The van der Waals surface area contributed by atoms with Crippen molar-refractivity contribution in [2.75, 3.05) is 32.8 Å². The SMILES string of the molecule is Cc1noc(C)c1CN1CCC2(CC1)CN([C@H]1CCOC1)Cc1ccccc12. The van der Waals surface area contributed by atoms with Gasteiger partial charge >= 0.3 is 0 Å². The minimum Gasteiger partial charge on any atom is -0.380 e. The van der Waals surface area contributed by atoms with Crippen LogP contribution in [0.3, 0.4) is 0 Å². The summed E-state index contributed by atoms with van der Waals surface area (Å²) < 4.78 is 11.1. The average Bonchev–Trinajstić information content (AvgIpc) is 3.36. The van der Waals surface area contributed by atoms with E-state index in [2.05, 4.69) is 46.1 Å². The summed E-state index contributed by atoms with van der Waals surface area (Å²) in [5.41, 5.74) is 5.71. The van der Waals surface area contributed by atoms with Gasteiger partial charge in [0.15, 0.2) is 0 Å². The molecule has 150 valence electrons. The predicted molar refractivity (Wildman–Crippen MR) is 108 cm³/mol. The van der Waals surface area contributed by atoms with Gasteiger partial charge in [0, 0.05) is 43.3 Å². The van der Waals surface area contributed by atoms with E-state index < -0.39 is 0 Å². The summed E-state index contributed by atoms with van der Waals surface area (Å²) in [5.74, 6) is 0.966. The zero-order valence-corrected chi connectivity index (χ0v) is 17.1. The number of aromatic nitrogens is 1. The van der Waals surface area contributed by atoms with Crippen molar-refractivity contribution in [3.8, 4) is 0 Å². The van der Waals surface area contributed by atoms with Gasteiger partial charge in [-0.3, -0.25) is 9.80 Å². The summed E-state index contributed by atoms with van der Waals surface area (Å²) in [5, 5.41) is 4.13. The summed E-state index contributed by atoms with van der Waals surface area (Å²) in [6, 6.07) is 9.75. The van der Waals surface area contributed by atoms with Crippen LogP contribution in [0.1, 0.15) is 47.4 Å². The number of hydrogen-bond donors (Lipinski definition) is 0. The maximum absolute atomic E-state index is 5.71. The molecule has 3 aliphatic heterocycles. The highest BCUT2D eigenvalue weighted by Gasteiger charge is 2.43. The highest BCUT2D eigenvalue weighted by atomic mass is 16.5. The van der Waals surface area contributed by atoms with Crippen LogP contribution >= 0.6 is 0 Å². The van der Waals surface area contributed by atoms with Gasteiger partial charge in [0.1, 0.15) is 5.76 Å². The standard InChI is InChI=1S/C23H31N3O2/c1-17-21(18(2)28-24-17)14-25-10-8-23(9-11-25)16-26(20-7-12-27-15-20)13-19-5-3-4-6-22(19)23/h3-6,20H,7-16H2,1-2H3/t20-/m0/s1. The monoisotopic (exact) mass is 381 g/mol. The van der Waals surface area contributed by atoms with E-state index in [0.29, 0.717) is 6.04 Å². The van der Waals surface area contributed by atoms with E-state index >= 15 is 0 Å². The Morgan fingerprint density at radius 3 is 2.71 bits per heavy atom. The molecule has 1 aromatic heterocycles. The fourth-order valence-electron chi connectivity index (χ4n) is 5.51. The van der Waals surface area contributed by atoms with Crippen LogP contribution in [0, 0.1) is 13.8 Å². The summed E-state index contributed by atoms with van der Waals surface area (Å²) in [6.45, 7) is 11.4. The van der Waals surface area contributed by atoms with Crippen molar-refractivity contribution in [2.45, 2.75) is 57.7 Å². The fraction of sp³-hybridized carbons (Fsp3) is 0.609. The van der Waals surface area contributed by atoms with E-state index in [1.54, 1.807) is 5.56 Å². The van der Waals surface area contributed by atoms with Crippen molar-refractivity contribution in [2.24, 2.45) is 0 Å². The number of rotatable bonds is 3. The Morgan fingerprint density at radius 2 is 2.00 bits per heavy atom. The minimum absolute atomic E-state index is 0.284. The zero-order valence-electron chi connectivity index (χ0n) is 17.1. The van der Waals surface area contributed by atoms with Crippen molar-refractivity contribution in [1.82, 2.24) is 15.0 Å². The molecular formula is C23H31N3O2. The first kappa shape index (κ1) is 18.3. The van der Waals surface area contributed by atoms with Crippen molar-refractivity contribution >= 4 is 0 Å². The molecule has 28 heavy (non-hydrogen) atoms. The maximum Gasteiger partial charge on any atom is 0.138 e. The molecule has 0 N–H and O–H groups in total. The van der Waals surface area contributed by atoms with Gasteiger partial charge in [-0.05, 0) is 57.3 Å². The van der Waals surface area contributed by atoms with Crippen LogP contribution < -0.4 is 0 Å².